The molecule has 0 heterocycles. The number of hydrogen-bond acceptors (Lipinski definition) is 3. The maximum Gasteiger partial charge on any atom is 0.0897 e. The van der Waals surface area contributed by atoms with Gasteiger partial charge in [-0.05, 0) is 43.4 Å². The highest BCUT2D eigenvalue weighted by molar-refractivity contribution is 4.93. The van der Waals surface area contributed by atoms with E-state index in [-0.39, 0.29) is 6.10 Å². The van der Waals surface area contributed by atoms with Crippen LogP contribution in [0.25, 0.3) is 0 Å². The molecule has 2 aliphatic carbocycles. The molecule has 0 aliphatic heterocycles. The monoisotopic (exact) mass is 269 g/mol. The van der Waals surface area contributed by atoms with Gasteiger partial charge in [0, 0.05) is 13.1 Å². The first-order valence-electron chi connectivity index (χ1n) is 8.14. The van der Waals surface area contributed by atoms with Crippen LogP contribution in [0, 0.1) is 11.3 Å². The van der Waals surface area contributed by atoms with Gasteiger partial charge in [-0.3, -0.25) is 0 Å². The Morgan fingerprint density at radius 1 is 1.37 bits per heavy atom. The predicted octanol–water partition coefficient (Wildman–Crippen LogP) is 2.72. The number of nitrogens with one attached hydrogen (secondary N) is 1. The molecule has 0 aromatic heterocycles. The quantitative estimate of drug-likeness (QED) is 0.712. The van der Waals surface area contributed by atoms with Crippen molar-refractivity contribution in [1.82, 2.24) is 5.32 Å². The third-order valence-electron chi connectivity index (χ3n) is 5.00. The van der Waals surface area contributed by atoms with Crippen molar-refractivity contribution in [3.8, 4) is 0 Å². The van der Waals surface area contributed by atoms with Gasteiger partial charge >= 0.3 is 0 Å². The van der Waals surface area contributed by atoms with Crippen molar-refractivity contribution in [3.05, 3.63) is 0 Å². The van der Waals surface area contributed by atoms with E-state index >= 15 is 0 Å². The second kappa shape index (κ2) is 7.05. The summed E-state index contributed by atoms with van der Waals surface area (Å²) in [6, 6.07) is 0. The van der Waals surface area contributed by atoms with Crippen LogP contribution >= 0.6 is 0 Å². The normalized spacial score (nSPS) is 31.1. The van der Waals surface area contributed by atoms with Crippen LogP contribution in [0.5, 0.6) is 0 Å². The average Bonchev–Trinajstić information content (AvgIpc) is 3.17. The number of hydrogen-bond donors (Lipinski definition) is 2. The summed E-state index contributed by atoms with van der Waals surface area (Å²) in [6.07, 6.45) is 8.93. The minimum absolute atomic E-state index is 0.357. The molecule has 19 heavy (non-hydrogen) atoms. The summed E-state index contributed by atoms with van der Waals surface area (Å²) in [4.78, 5) is 0. The molecule has 0 radical (unpaired) electrons. The molecule has 3 nitrogen and oxygen atoms in total. The van der Waals surface area contributed by atoms with E-state index in [0.29, 0.717) is 24.7 Å². The zero-order chi connectivity index (χ0) is 13.7. The van der Waals surface area contributed by atoms with Gasteiger partial charge in [0.05, 0.1) is 18.8 Å². The van der Waals surface area contributed by atoms with Crippen LogP contribution in [0.15, 0.2) is 0 Å². The second-order valence-electron chi connectivity index (χ2n) is 6.87. The molecule has 0 saturated heterocycles. The number of rotatable bonds is 8. The summed E-state index contributed by atoms with van der Waals surface area (Å²) in [7, 11) is 0. The lowest BCUT2D eigenvalue weighted by Crippen LogP contribution is -2.35. The molecule has 0 spiro atoms. The van der Waals surface area contributed by atoms with Crippen LogP contribution < -0.4 is 5.32 Å². The largest absolute Gasteiger partial charge is 0.389 e. The van der Waals surface area contributed by atoms with Gasteiger partial charge in [0.2, 0.25) is 0 Å². The lowest BCUT2D eigenvalue weighted by atomic mass is 9.89. The minimum atomic E-state index is -0.357. The van der Waals surface area contributed by atoms with Crippen molar-refractivity contribution >= 4 is 0 Å². The van der Waals surface area contributed by atoms with E-state index in [1.165, 1.54) is 44.9 Å². The summed E-state index contributed by atoms with van der Waals surface area (Å²) in [5.41, 5.74) is 0.555. The van der Waals surface area contributed by atoms with E-state index in [2.05, 4.69) is 19.2 Å². The first kappa shape index (κ1) is 15.3. The summed E-state index contributed by atoms with van der Waals surface area (Å²) >= 11 is 0. The van der Waals surface area contributed by atoms with Crippen molar-refractivity contribution in [2.24, 2.45) is 11.3 Å². The van der Waals surface area contributed by atoms with E-state index in [0.717, 1.165) is 12.5 Å². The molecule has 2 aliphatic rings. The molecule has 2 fully saturated rings. The van der Waals surface area contributed by atoms with Gasteiger partial charge in [0.15, 0.2) is 0 Å². The Morgan fingerprint density at radius 3 is 2.79 bits per heavy atom. The molecule has 2 N–H and O–H groups in total. The topological polar surface area (TPSA) is 41.5 Å². The van der Waals surface area contributed by atoms with E-state index in [1.54, 1.807) is 0 Å². The molecule has 0 bridgehead atoms. The minimum Gasteiger partial charge on any atom is -0.389 e. The highest BCUT2D eigenvalue weighted by Crippen LogP contribution is 2.47. The first-order chi connectivity index (χ1) is 9.13. The number of aliphatic hydroxyl groups excluding tert-OH is 1. The highest BCUT2D eigenvalue weighted by atomic mass is 16.5. The standard InChI is InChI=1S/C16H31NO2/c1-3-16(7-8-16)12-17-10-14(18)11-19-15-6-4-5-13(2)9-15/h13-15,17-18H,3-12H2,1-2H3. The average molecular weight is 269 g/mol. The van der Waals surface area contributed by atoms with Crippen molar-refractivity contribution in [3.63, 3.8) is 0 Å². The molecule has 0 aromatic rings. The SMILES string of the molecule is CCC1(CNCC(O)COC2CCCC(C)C2)CC1. The smallest absolute Gasteiger partial charge is 0.0897 e. The Labute approximate surface area is 118 Å². The molecule has 0 aromatic carbocycles. The third kappa shape index (κ3) is 5.05. The lowest BCUT2D eigenvalue weighted by Gasteiger charge is -2.27. The van der Waals surface area contributed by atoms with Gasteiger partial charge in [-0.15, -0.1) is 0 Å². The fraction of sp³-hybridized carbons (Fsp3) is 1.00. The Morgan fingerprint density at radius 2 is 2.16 bits per heavy atom. The van der Waals surface area contributed by atoms with E-state index in [4.69, 9.17) is 4.74 Å². The van der Waals surface area contributed by atoms with Gasteiger partial charge in [-0.1, -0.05) is 26.7 Å². The number of ether oxygens (including phenoxy) is 1. The van der Waals surface area contributed by atoms with Crippen LogP contribution in [0.1, 0.15) is 58.8 Å². The molecular formula is C16H31NO2. The van der Waals surface area contributed by atoms with Crippen molar-refractivity contribution in [2.45, 2.75) is 71.0 Å². The molecule has 112 valence electrons. The van der Waals surface area contributed by atoms with Crippen molar-refractivity contribution < 1.29 is 9.84 Å². The zero-order valence-electron chi connectivity index (χ0n) is 12.7. The molecule has 3 atom stereocenters. The van der Waals surface area contributed by atoms with E-state index in [1.807, 2.05) is 0 Å². The Kier molecular flexibility index (Phi) is 5.67. The summed E-state index contributed by atoms with van der Waals surface area (Å²) in [6.45, 7) is 6.78. The number of aliphatic hydroxyl groups is 1. The third-order valence-corrected chi connectivity index (χ3v) is 5.00. The summed E-state index contributed by atoms with van der Waals surface area (Å²) in [5, 5.41) is 13.4. The Bertz CT molecular complexity index is 265. The highest BCUT2D eigenvalue weighted by Gasteiger charge is 2.39. The van der Waals surface area contributed by atoms with E-state index in [9.17, 15) is 5.11 Å². The first-order valence-corrected chi connectivity index (χ1v) is 8.14. The zero-order valence-corrected chi connectivity index (χ0v) is 12.7. The lowest BCUT2D eigenvalue weighted by molar-refractivity contribution is -0.0308. The predicted molar refractivity (Wildman–Crippen MR) is 78.2 cm³/mol. The van der Waals surface area contributed by atoms with Gasteiger partial charge < -0.3 is 15.2 Å². The van der Waals surface area contributed by atoms with Gasteiger partial charge in [-0.2, -0.15) is 0 Å². The Balaban J connectivity index is 1.53. The maximum atomic E-state index is 9.95. The van der Waals surface area contributed by atoms with Crippen molar-refractivity contribution in [2.75, 3.05) is 19.7 Å². The molecule has 2 saturated carbocycles. The summed E-state index contributed by atoms with van der Waals surface area (Å²) < 4.78 is 5.85. The molecule has 2 rings (SSSR count). The van der Waals surface area contributed by atoms with Crippen LogP contribution in [0.2, 0.25) is 0 Å². The van der Waals surface area contributed by atoms with E-state index < -0.39 is 0 Å². The molecule has 3 unspecified atom stereocenters. The van der Waals surface area contributed by atoms with Crippen LogP contribution in [-0.2, 0) is 4.74 Å². The summed E-state index contributed by atoms with van der Waals surface area (Å²) in [5.74, 6) is 0.785. The fourth-order valence-electron chi connectivity index (χ4n) is 3.17. The maximum absolute atomic E-state index is 9.95. The van der Waals surface area contributed by atoms with Gasteiger partial charge in [0.25, 0.3) is 0 Å². The Hall–Kier alpha value is -0.120. The van der Waals surface area contributed by atoms with Gasteiger partial charge in [-0.25, -0.2) is 0 Å². The molecular weight excluding hydrogens is 238 g/mol. The fourth-order valence-corrected chi connectivity index (χ4v) is 3.17. The van der Waals surface area contributed by atoms with Crippen LogP contribution in [0.3, 0.4) is 0 Å². The molecule has 3 heteroatoms. The van der Waals surface area contributed by atoms with Crippen molar-refractivity contribution in [1.29, 1.82) is 0 Å². The molecule has 0 amide bonds. The van der Waals surface area contributed by atoms with Crippen LogP contribution in [-0.4, -0.2) is 37.0 Å². The van der Waals surface area contributed by atoms with Crippen LogP contribution in [0.4, 0.5) is 0 Å². The second-order valence-corrected chi connectivity index (χ2v) is 6.87. The van der Waals surface area contributed by atoms with Gasteiger partial charge in [0.1, 0.15) is 0 Å².